The zero-order chi connectivity index (χ0) is 25.2. The van der Waals surface area contributed by atoms with E-state index < -0.39 is 0 Å². The van der Waals surface area contributed by atoms with Gasteiger partial charge >= 0.3 is 0 Å². The van der Waals surface area contributed by atoms with Crippen molar-refractivity contribution in [2.75, 3.05) is 0 Å². The fourth-order valence-corrected chi connectivity index (χ4v) is 4.93. The van der Waals surface area contributed by atoms with Gasteiger partial charge in [-0.05, 0) is 82.8 Å². The molecule has 1 heterocycles. The molecule has 0 radical (unpaired) electrons. The van der Waals surface area contributed by atoms with E-state index in [1.165, 1.54) is 21.9 Å². The van der Waals surface area contributed by atoms with Crippen LogP contribution in [0.1, 0.15) is 23.9 Å². The second kappa shape index (κ2) is 9.60. The molecule has 0 amide bonds. The molecule has 0 aliphatic rings. The number of imidazole rings is 1. The number of aromatic nitrogens is 2. The second-order valence-electron chi connectivity index (χ2n) is 9.24. The second-order valence-corrected chi connectivity index (χ2v) is 9.24. The van der Waals surface area contributed by atoms with Gasteiger partial charge in [0, 0.05) is 5.69 Å². The van der Waals surface area contributed by atoms with Crippen LogP contribution >= 0.6 is 0 Å². The molecule has 0 bridgehead atoms. The summed E-state index contributed by atoms with van der Waals surface area (Å²) in [6.07, 6.45) is 3.09. The Labute approximate surface area is 216 Å². The number of fused-ring (bicyclic) bond motifs is 2. The maximum absolute atomic E-state index is 9.11. The number of hydrogen-bond acceptors (Lipinski definition) is 2. The van der Waals surface area contributed by atoms with Crippen molar-refractivity contribution in [1.82, 2.24) is 9.55 Å². The molecule has 0 N–H and O–H groups in total. The molecule has 37 heavy (non-hydrogen) atoms. The van der Waals surface area contributed by atoms with E-state index in [0.29, 0.717) is 5.56 Å². The number of rotatable bonds is 5. The summed E-state index contributed by atoms with van der Waals surface area (Å²) in [6.45, 7) is 2.14. The van der Waals surface area contributed by atoms with Crippen molar-refractivity contribution in [1.29, 1.82) is 5.26 Å². The highest BCUT2D eigenvalue weighted by molar-refractivity contribution is 5.97. The summed E-state index contributed by atoms with van der Waals surface area (Å²) in [6, 6.07) is 41.8. The molecule has 0 aliphatic carbocycles. The van der Waals surface area contributed by atoms with Crippen molar-refractivity contribution in [2.24, 2.45) is 0 Å². The quantitative estimate of drug-likeness (QED) is 0.251. The van der Waals surface area contributed by atoms with Gasteiger partial charge in [-0.3, -0.25) is 4.57 Å². The van der Waals surface area contributed by atoms with Crippen LogP contribution in [-0.4, -0.2) is 9.55 Å². The molecule has 3 nitrogen and oxygen atoms in total. The smallest absolute Gasteiger partial charge is 0.141 e. The SMILES string of the molecule is C/C(=C\Cc1ccc2c(-c3ccc(C#N)cc3)cccc2c1)c1nc2ccccc2n1-c1ccccc1. The maximum Gasteiger partial charge on any atom is 0.141 e. The van der Waals surface area contributed by atoms with Crippen molar-refractivity contribution in [3.8, 4) is 22.9 Å². The molecule has 5 aromatic carbocycles. The average molecular weight is 476 g/mol. The molecular weight excluding hydrogens is 450 g/mol. The zero-order valence-electron chi connectivity index (χ0n) is 20.6. The van der Waals surface area contributed by atoms with Crippen molar-refractivity contribution < 1.29 is 0 Å². The highest BCUT2D eigenvalue weighted by Gasteiger charge is 2.13. The van der Waals surface area contributed by atoms with Crippen LogP contribution in [0.25, 0.3) is 44.2 Å². The van der Waals surface area contributed by atoms with Crippen LogP contribution < -0.4 is 0 Å². The highest BCUT2D eigenvalue weighted by Crippen LogP contribution is 2.30. The van der Waals surface area contributed by atoms with Crippen LogP contribution in [0, 0.1) is 11.3 Å². The fourth-order valence-electron chi connectivity index (χ4n) is 4.93. The van der Waals surface area contributed by atoms with E-state index in [9.17, 15) is 0 Å². The van der Waals surface area contributed by atoms with Gasteiger partial charge in [0.25, 0.3) is 0 Å². The largest absolute Gasteiger partial charge is 0.293 e. The Morgan fingerprint density at radius 2 is 1.62 bits per heavy atom. The summed E-state index contributed by atoms with van der Waals surface area (Å²) in [4.78, 5) is 4.98. The molecule has 0 aliphatic heterocycles. The molecule has 176 valence electrons. The van der Waals surface area contributed by atoms with Gasteiger partial charge in [-0.15, -0.1) is 0 Å². The van der Waals surface area contributed by atoms with E-state index in [2.05, 4.69) is 102 Å². The predicted octanol–water partition coefficient (Wildman–Crippen LogP) is 8.36. The Hall–Kier alpha value is -4.94. The normalized spacial score (nSPS) is 11.6. The molecule has 0 atom stereocenters. The summed E-state index contributed by atoms with van der Waals surface area (Å²) in [5.41, 5.74) is 8.59. The first kappa shape index (κ1) is 22.5. The lowest BCUT2D eigenvalue weighted by Crippen LogP contribution is -1.99. The number of nitriles is 1. The van der Waals surface area contributed by atoms with Crippen molar-refractivity contribution in [3.05, 3.63) is 138 Å². The first-order chi connectivity index (χ1) is 18.2. The maximum atomic E-state index is 9.11. The van der Waals surface area contributed by atoms with Gasteiger partial charge in [0.05, 0.1) is 22.7 Å². The number of para-hydroxylation sites is 3. The van der Waals surface area contributed by atoms with Crippen LogP contribution in [0.2, 0.25) is 0 Å². The van der Waals surface area contributed by atoms with Crippen LogP contribution in [0.5, 0.6) is 0 Å². The molecular formula is C34H25N3. The summed E-state index contributed by atoms with van der Waals surface area (Å²) in [7, 11) is 0. The lowest BCUT2D eigenvalue weighted by Gasteiger charge is -2.10. The van der Waals surface area contributed by atoms with E-state index >= 15 is 0 Å². The van der Waals surface area contributed by atoms with Gasteiger partial charge in [0.15, 0.2) is 0 Å². The third-order valence-electron chi connectivity index (χ3n) is 6.84. The van der Waals surface area contributed by atoms with Crippen LogP contribution in [0.15, 0.2) is 121 Å². The van der Waals surface area contributed by atoms with Gasteiger partial charge < -0.3 is 0 Å². The summed E-state index contributed by atoms with van der Waals surface area (Å²) >= 11 is 0. The minimum atomic E-state index is 0.675. The monoisotopic (exact) mass is 475 g/mol. The lowest BCUT2D eigenvalue weighted by atomic mass is 9.95. The molecule has 6 rings (SSSR count). The standard InChI is InChI=1S/C34H25N3/c1-24(34-36-32-12-5-6-13-33(32)37(34)29-9-3-2-4-10-29)14-15-25-18-21-31-28(22-25)8-7-11-30(31)27-19-16-26(23-35)17-20-27/h2-14,16-22H,15H2,1H3/b24-14+. The van der Waals surface area contributed by atoms with E-state index in [1.807, 2.05) is 36.4 Å². The zero-order valence-corrected chi connectivity index (χ0v) is 20.6. The summed E-state index contributed by atoms with van der Waals surface area (Å²) in [5, 5.41) is 11.5. The Morgan fingerprint density at radius 1 is 0.838 bits per heavy atom. The molecule has 0 unspecified atom stereocenters. The van der Waals surface area contributed by atoms with E-state index in [-0.39, 0.29) is 0 Å². The molecule has 3 heteroatoms. The molecule has 6 aromatic rings. The molecule has 0 saturated heterocycles. The molecule has 1 aromatic heterocycles. The van der Waals surface area contributed by atoms with Crippen LogP contribution in [-0.2, 0) is 6.42 Å². The van der Waals surface area contributed by atoms with Crippen LogP contribution in [0.4, 0.5) is 0 Å². The van der Waals surface area contributed by atoms with Crippen molar-refractivity contribution >= 4 is 27.4 Å². The van der Waals surface area contributed by atoms with Crippen molar-refractivity contribution in [3.63, 3.8) is 0 Å². The van der Waals surface area contributed by atoms with E-state index in [1.54, 1.807) is 0 Å². The van der Waals surface area contributed by atoms with Gasteiger partial charge in [-0.2, -0.15) is 5.26 Å². The van der Waals surface area contributed by atoms with Gasteiger partial charge in [-0.1, -0.05) is 84.9 Å². The third kappa shape index (κ3) is 4.30. The van der Waals surface area contributed by atoms with Crippen LogP contribution in [0.3, 0.4) is 0 Å². The first-order valence-electron chi connectivity index (χ1n) is 12.4. The molecule has 0 saturated carbocycles. The Balaban J connectivity index is 1.34. The predicted molar refractivity (Wildman–Crippen MR) is 153 cm³/mol. The number of benzene rings is 5. The van der Waals surface area contributed by atoms with E-state index in [0.717, 1.165) is 40.1 Å². The number of allylic oxidation sites excluding steroid dienone is 2. The highest BCUT2D eigenvalue weighted by atomic mass is 15.1. The summed E-state index contributed by atoms with van der Waals surface area (Å²) in [5.74, 6) is 0.969. The van der Waals surface area contributed by atoms with E-state index in [4.69, 9.17) is 10.2 Å². The van der Waals surface area contributed by atoms with Gasteiger partial charge in [0.1, 0.15) is 5.82 Å². The first-order valence-corrected chi connectivity index (χ1v) is 12.4. The van der Waals surface area contributed by atoms with Crippen molar-refractivity contribution in [2.45, 2.75) is 13.3 Å². The Morgan fingerprint density at radius 3 is 2.43 bits per heavy atom. The minimum Gasteiger partial charge on any atom is -0.293 e. The topological polar surface area (TPSA) is 41.6 Å². The number of nitrogens with zero attached hydrogens (tertiary/aromatic N) is 3. The van der Waals surface area contributed by atoms with Gasteiger partial charge in [0.2, 0.25) is 0 Å². The van der Waals surface area contributed by atoms with Gasteiger partial charge in [-0.25, -0.2) is 4.98 Å². The average Bonchev–Trinajstić information content (AvgIpc) is 3.36. The lowest BCUT2D eigenvalue weighted by molar-refractivity contribution is 1.05. The number of hydrogen-bond donors (Lipinski definition) is 0. The summed E-state index contributed by atoms with van der Waals surface area (Å²) < 4.78 is 2.24. The third-order valence-corrected chi connectivity index (χ3v) is 6.84. The molecule has 0 fully saturated rings. The fraction of sp³-hybridized carbons (Fsp3) is 0.0588. The minimum absolute atomic E-state index is 0.675. The Bertz CT molecular complexity index is 1800. The molecule has 0 spiro atoms. The Kier molecular flexibility index (Phi) is 5.84.